The first-order valence-electron chi connectivity index (χ1n) is 3.46. The fourth-order valence-corrected chi connectivity index (χ4v) is 0.646. The molecule has 0 heterocycles. The second kappa shape index (κ2) is 3.76. The minimum atomic E-state index is 0.956. The number of benzene rings is 1. The molecule has 0 aliphatic heterocycles. The van der Waals surface area contributed by atoms with E-state index in [0.29, 0.717) is 0 Å². The highest BCUT2D eigenvalue weighted by molar-refractivity contribution is 5.60. The molecule has 0 aliphatic rings. The topological polar surface area (TPSA) is 15.6 Å². The van der Waals surface area contributed by atoms with E-state index in [1.54, 1.807) is 6.34 Å². The molecule has 1 radical (unpaired) electrons. The lowest BCUT2D eigenvalue weighted by Crippen LogP contribution is -2.06. The van der Waals surface area contributed by atoms with Crippen LogP contribution in [0.25, 0.3) is 0 Å². The van der Waals surface area contributed by atoms with Crippen molar-refractivity contribution in [2.45, 2.75) is 0 Å². The molecule has 0 spiro atoms. The number of hydrogen-bond donors (Lipinski definition) is 0. The van der Waals surface area contributed by atoms with Gasteiger partial charge in [0.15, 0.2) is 0 Å². The molecule has 11 heavy (non-hydrogen) atoms. The van der Waals surface area contributed by atoms with Gasteiger partial charge in [0.05, 0.1) is 12.0 Å². The Morgan fingerprint density at radius 1 is 1.36 bits per heavy atom. The highest BCUT2D eigenvalue weighted by Gasteiger charge is 1.82. The van der Waals surface area contributed by atoms with Gasteiger partial charge >= 0.3 is 0 Å². The third kappa shape index (κ3) is 2.85. The highest BCUT2D eigenvalue weighted by Crippen LogP contribution is 2.07. The smallest absolute Gasteiger partial charge is 0.0907 e. The van der Waals surface area contributed by atoms with Crippen molar-refractivity contribution in [1.29, 1.82) is 0 Å². The van der Waals surface area contributed by atoms with Gasteiger partial charge in [-0.3, -0.25) is 0 Å². The Morgan fingerprint density at radius 2 is 2.00 bits per heavy atom. The summed E-state index contributed by atoms with van der Waals surface area (Å²) in [4.78, 5) is 6.09. The average Bonchev–Trinajstić information content (AvgIpc) is 2.03. The van der Waals surface area contributed by atoms with Crippen LogP contribution in [0.2, 0.25) is 0 Å². The molecule has 1 rings (SSSR count). The van der Waals surface area contributed by atoms with Gasteiger partial charge in [0, 0.05) is 14.1 Å². The van der Waals surface area contributed by atoms with E-state index in [1.165, 1.54) is 0 Å². The van der Waals surface area contributed by atoms with E-state index in [2.05, 4.69) is 11.1 Å². The number of hydrogen-bond acceptors (Lipinski definition) is 1. The summed E-state index contributed by atoms with van der Waals surface area (Å²) in [7, 11) is 3.89. The average molecular weight is 147 g/mol. The molecule has 0 bridgehead atoms. The van der Waals surface area contributed by atoms with E-state index < -0.39 is 0 Å². The largest absolute Gasteiger partial charge is 0.369 e. The SMILES string of the molecule is CN(C)C=Nc1cc[c]cc1. The van der Waals surface area contributed by atoms with Crippen LogP contribution in [0.3, 0.4) is 0 Å². The summed E-state index contributed by atoms with van der Waals surface area (Å²) in [6.07, 6.45) is 1.77. The first-order chi connectivity index (χ1) is 5.29. The van der Waals surface area contributed by atoms with Crippen molar-refractivity contribution in [2.24, 2.45) is 4.99 Å². The minimum absolute atomic E-state index is 0.956. The second-order valence-corrected chi connectivity index (χ2v) is 2.47. The van der Waals surface area contributed by atoms with Gasteiger partial charge in [-0.15, -0.1) is 0 Å². The zero-order valence-corrected chi connectivity index (χ0v) is 6.78. The van der Waals surface area contributed by atoms with Crippen molar-refractivity contribution in [3.05, 3.63) is 30.3 Å². The van der Waals surface area contributed by atoms with Crippen LogP contribution in [0.15, 0.2) is 29.3 Å². The highest BCUT2D eigenvalue weighted by atomic mass is 15.1. The molecule has 1 aromatic carbocycles. The maximum absolute atomic E-state index is 4.19. The lowest BCUT2D eigenvalue weighted by Gasteiger charge is -2.01. The van der Waals surface area contributed by atoms with Gasteiger partial charge in [0.2, 0.25) is 0 Å². The van der Waals surface area contributed by atoms with Gasteiger partial charge in [-0.25, -0.2) is 4.99 Å². The summed E-state index contributed by atoms with van der Waals surface area (Å²) < 4.78 is 0. The fourth-order valence-electron chi connectivity index (χ4n) is 0.646. The van der Waals surface area contributed by atoms with Crippen molar-refractivity contribution in [3.8, 4) is 0 Å². The van der Waals surface area contributed by atoms with Gasteiger partial charge in [0.1, 0.15) is 0 Å². The summed E-state index contributed by atoms with van der Waals surface area (Å²) in [5.74, 6) is 0. The van der Waals surface area contributed by atoms with Crippen LogP contribution in [0.1, 0.15) is 0 Å². The monoisotopic (exact) mass is 147 g/mol. The molecule has 0 saturated carbocycles. The molecule has 0 atom stereocenters. The number of nitrogens with zero attached hydrogens (tertiary/aromatic N) is 2. The Morgan fingerprint density at radius 3 is 2.55 bits per heavy atom. The predicted octanol–water partition coefficient (Wildman–Crippen LogP) is 1.71. The molecule has 0 fully saturated rings. The minimum Gasteiger partial charge on any atom is -0.369 e. The molecule has 2 nitrogen and oxygen atoms in total. The molecule has 0 amide bonds. The zero-order chi connectivity index (χ0) is 8.10. The third-order valence-corrected chi connectivity index (χ3v) is 1.14. The van der Waals surface area contributed by atoms with Crippen molar-refractivity contribution in [3.63, 3.8) is 0 Å². The summed E-state index contributed by atoms with van der Waals surface area (Å²) >= 11 is 0. The first kappa shape index (κ1) is 7.79. The fraction of sp³-hybridized carbons (Fsp3) is 0.222. The first-order valence-corrected chi connectivity index (χ1v) is 3.46. The number of rotatable bonds is 2. The molecule has 2 heteroatoms. The van der Waals surface area contributed by atoms with Crippen LogP contribution in [-0.2, 0) is 0 Å². The standard InChI is InChI=1S/C9H11N2/c1-11(2)8-10-9-6-4-3-5-7-9/h4-8H,1-2H3. The van der Waals surface area contributed by atoms with Crippen LogP contribution < -0.4 is 0 Å². The van der Waals surface area contributed by atoms with Crippen LogP contribution >= 0.6 is 0 Å². The van der Waals surface area contributed by atoms with Gasteiger partial charge in [-0.05, 0) is 18.2 Å². The molecule has 57 valence electrons. The van der Waals surface area contributed by atoms with Crippen molar-refractivity contribution in [2.75, 3.05) is 14.1 Å². The predicted molar refractivity (Wildman–Crippen MR) is 47.1 cm³/mol. The Bertz CT molecular complexity index is 227. The van der Waals surface area contributed by atoms with Crippen LogP contribution in [0.5, 0.6) is 0 Å². The Balaban J connectivity index is 2.65. The van der Waals surface area contributed by atoms with Gasteiger partial charge in [-0.1, -0.05) is 12.1 Å². The molecule has 0 aromatic heterocycles. The Hall–Kier alpha value is -1.31. The normalized spacial score (nSPS) is 10.4. The zero-order valence-electron chi connectivity index (χ0n) is 6.78. The molecular weight excluding hydrogens is 136 g/mol. The van der Waals surface area contributed by atoms with Gasteiger partial charge in [-0.2, -0.15) is 0 Å². The molecule has 0 aliphatic carbocycles. The van der Waals surface area contributed by atoms with Crippen molar-refractivity contribution in [1.82, 2.24) is 4.90 Å². The third-order valence-electron chi connectivity index (χ3n) is 1.14. The molecule has 0 N–H and O–H groups in total. The molecule has 0 unspecified atom stereocenters. The van der Waals surface area contributed by atoms with Crippen molar-refractivity contribution >= 4 is 12.0 Å². The van der Waals surface area contributed by atoms with E-state index in [4.69, 9.17) is 0 Å². The molecule has 0 saturated heterocycles. The summed E-state index contributed by atoms with van der Waals surface area (Å²) in [5.41, 5.74) is 0.956. The van der Waals surface area contributed by atoms with E-state index in [9.17, 15) is 0 Å². The van der Waals surface area contributed by atoms with Crippen LogP contribution in [0.4, 0.5) is 5.69 Å². The second-order valence-electron chi connectivity index (χ2n) is 2.47. The summed E-state index contributed by atoms with van der Waals surface area (Å²) in [6.45, 7) is 0. The lowest BCUT2D eigenvalue weighted by molar-refractivity contribution is 0.643. The summed E-state index contributed by atoms with van der Waals surface area (Å²) in [5, 5.41) is 0. The van der Waals surface area contributed by atoms with E-state index in [0.717, 1.165) is 5.69 Å². The molecule has 1 aromatic rings. The molecular formula is C9H11N2. The summed E-state index contributed by atoms with van der Waals surface area (Å²) in [6, 6.07) is 10.5. The van der Waals surface area contributed by atoms with E-state index in [1.807, 2.05) is 43.3 Å². The van der Waals surface area contributed by atoms with Crippen LogP contribution in [-0.4, -0.2) is 25.3 Å². The van der Waals surface area contributed by atoms with E-state index >= 15 is 0 Å². The Kier molecular flexibility index (Phi) is 2.66. The van der Waals surface area contributed by atoms with Crippen LogP contribution in [0, 0.1) is 6.07 Å². The van der Waals surface area contributed by atoms with Crippen molar-refractivity contribution < 1.29 is 0 Å². The van der Waals surface area contributed by atoms with Gasteiger partial charge in [0.25, 0.3) is 0 Å². The van der Waals surface area contributed by atoms with Gasteiger partial charge < -0.3 is 4.90 Å². The Labute approximate surface area is 67.2 Å². The van der Waals surface area contributed by atoms with E-state index in [-0.39, 0.29) is 0 Å². The maximum atomic E-state index is 4.19. The number of aliphatic imine (C=N–C) groups is 1. The lowest BCUT2D eigenvalue weighted by atomic mass is 10.3. The maximum Gasteiger partial charge on any atom is 0.0907 e. The quantitative estimate of drug-likeness (QED) is 0.459.